The molecule has 1 fully saturated rings. The van der Waals surface area contributed by atoms with E-state index in [9.17, 15) is 0 Å². The first-order chi connectivity index (χ1) is 11.4. The van der Waals surface area contributed by atoms with E-state index >= 15 is 0 Å². The Morgan fingerprint density at radius 1 is 0.565 bits per heavy atom. The second-order valence-electron chi connectivity index (χ2n) is 6.64. The van der Waals surface area contributed by atoms with Crippen LogP contribution in [-0.2, 0) is 0 Å². The van der Waals surface area contributed by atoms with E-state index in [1.165, 1.54) is 27.3 Å². The van der Waals surface area contributed by atoms with Crippen LogP contribution >= 0.6 is 0 Å². The van der Waals surface area contributed by atoms with Gasteiger partial charge in [-0.1, -0.05) is 86.7 Å². The minimum absolute atomic E-state index is 0.675. The largest absolute Gasteiger partial charge is 0.0729 e. The highest BCUT2D eigenvalue weighted by Crippen LogP contribution is 2.46. The van der Waals surface area contributed by atoms with Crippen LogP contribution in [0.15, 0.2) is 48.5 Å². The van der Waals surface area contributed by atoms with Crippen molar-refractivity contribution < 1.29 is 0 Å². The molecule has 1 saturated carbocycles. The number of benzene rings is 2. The SMILES string of the molecule is C1=c2ccccc2=CC2C1CC1C=c3ccccc3=CC12.CC. The number of fused-ring (bicyclic) bond motifs is 5. The molecule has 5 rings (SSSR count). The molecule has 4 atom stereocenters. The molecule has 116 valence electrons. The molecular formula is C23H24. The molecule has 0 spiro atoms. The minimum atomic E-state index is 0.675. The summed E-state index contributed by atoms with van der Waals surface area (Å²) in [6.07, 6.45) is 11.4. The van der Waals surface area contributed by atoms with Crippen molar-refractivity contribution in [3.05, 3.63) is 69.4 Å². The fraction of sp³-hybridized carbons (Fsp3) is 0.304. The number of hydrogen-bond acceptors (Lipinski definition) is 0. The summed E-state index contributed by atoms with van der Waals surface area (Å²) in [6.45, 7) is 4.00. The minimum Gasteiger partial charge on any atom is -0.0729 e. The van der Waals surface area contributed by atoms with Crippen LogP contribution in [0.25, 0.3) is 24.3 Å². The van der Waals surface area contributed by atoms with Crippen molar-refractivity contribution in [3.8, 4) is 0 Å². The molecule has 0 aliphatic heterocycles. The van der Waals surface area contributed by atoms with Gasteiger partial charge >= 0.3 is 0 Å². The van der Waals surface area contributed by atoms with Gasteiger partial charge in [-0.15, -0.1) is 0 Å². The Hall–Kier alpha value is -2.08. The van der Waals surface area contributed by atoms with Gasteiger partial charge in [0, 0.05) is 0 Å². The third-order valence-corrected chi connectivity index (χ3v) is 5.50. The third-order valence-electron chi connectivity index (χ3n) is 5.50. The first-order valence-electron chi connectivity index (χ1n) is 8.96. The van der Waals surface area contributed by atoms with E-state index in [1.807, 2.05) is 13.8 Å². The summed E-state index contributed by atoms with van der Waals surface area (Å²) in [6, 6.07) is 17.6. The topological polar surface area (TPSA) is 0 Å². The van der Waals surface area contributed by atoms with Gasteiger partial charge in [-0.05, 0) is 51.0 Å². The van der Waals surface area contributed by atoms with Crippen LogP contribution in [0.1, 0.15) is 20.3 Å². The van der Waals surface area contributed by atoms with Gasteiger partial charge in [0.15, 0.2) is 0 Å². The van der Waals surface area contributed by atoms with E-state index in [0.29, 0.717) is 23.7 Å². The van der Waals surface area contributed by atoms with Gasteiger partial charge < -0.3 is 0 Å². The Balaban J connectivity index is 0.000000652. The fourth-order valence-electron chi connectivity index (χ4n) is 4.53. The Morgan fingerprint density at radius 2 is 0.913 bits per heavy atom. The standard InChI is InChI=1S/C21H18.C2H6/c1-3-7-16-12-20-18(9-14(16)5-1)11-19-10-15-6-2-4-8-17(15)13-21(19)20;1-2/h1-10,12-13,18-21H,11H2;1-2H3. The zero-order valence-corrected chi connectivity index (χ0v) is 13.9. The first-order valence-corrected chi connectivity index (χ1v) is 8.96. The zero-order valence-electron chi connectivity index (χ0n) is 13.9. The highest BCUT2D eigenvalue weighted by Gasteiger charge is 2.40. The summed E-state index contributed by atoms with van der Waals surface area (Å²) in [4.78, 5) is 0. The van der Waals surface area contributed by atoms with Gasteiger partial charge in [0.05, 0.1) is 0 Å². The molecule has 3 aliphatic carbocycles. The molecule has 4 unspecified atom stereocenters. The molecule has 0 heterocycles. The molecule has 2 aromatic carbocycles. The average molecular weight is 300 g/mol. The van der Waals surface area contributed by atoms with E-state index in [-0.39, 0.29) is 0 Å². The normalized spacial score (nSPS) is 28.8. The van der Waals surface area contributed by atoms with Crippen molar-refractivity contribution in [1.82, 2.24) is 0 Å². The molecule has 0 radical (unpaired) electrons. The lowest BCUT2D eigenvalue weighted by Gasteiger charge is -2.23. The Kier molecular flexibility index (Phi) is 3.69. The molecule has 0 aromatic heterocycles. The Morgan fingerprint density at radius 3 is 1.30 bits per heavy atom. The van der Waals surface area contributed by atoms with E-state index in [4.69, 9.17) is 0 Å². The van der Waals surface area contributed by atoms with Crippen molar-refractivity contribution in [2.45, 2.75) is 20.3 Å². The van der Waals surface area contributed by atoms with Crippen molar-refractivity contribution in [1.29, 1.82) is 0 Å². The maximum Gasteiger partial charge on any atom is -0.00918 e. The number of hydrogen-bond donors (Lipinski definition) is 0. The highest BCUT2D eigenvalue weighted by atomic mass is 14.4. The average Bonchev–Trinajstić information content (AvgIpc) is 2.96. The van der Waals surface area contributed by atoms with Gasteiger partial charge in [-0.3, -0.25) is 0 Å². The van der Waals surface area contributed by atoms with Crippen LogP contribution in [0.2, 0.25) is 0 Å². The summed E-state index contributed by atoms with van der Waals surface area (Å²) in [7, 11) is 0. The van der Waals surface area contributed by atoms with Crippen molar-refractivity contribution in [3.63, 3.8) is 0 Å². The monoisotopic (exact) mass is 300 g/mol. The van der Waals surface area contributed by atoms with Crippen LogP contribution in [0, 0.1) is 23.7 Å². The lowest BCUT2D eigenvalue weighted by atomic mass is 9.81. The van der Waals surface area contributed by atoms with Gasteiger partial charge in [-0.25, -0.2) is 0 Å². The van der Waals surface area contributed by atoms with Gasteiger partial charge in [0.2, 0.25) is 0 Å². The molecule has 0 amide bonds. The Labute approximate surface area is 138 Å². The predicted molar refractivity (Wildman–Crippen MR) is 99.2 cm³/mol. The van der Waals surface area contributed by atoms with E-state index in [1.54, 1.807) is 0 Å². The van der Waals surface area contributed by atoms with Crippen molar-refractivity contribution in [2.75, 3.05) is 0 Å². The van der Waals surface area contributed by atoms with Crippen LogP contribution < -0.4 is 20.9 Å². The van der Waals surface area contributed by atoms with Gasteiger partial charge in [-0.2, -0.15) is 0 Å². The van der Waals surface area contributed by atoms with Crippen molar-refractivity contribution >= 4 is 24.3 Å². The molecule has 2 aromatic rings. The second kappa shape index (κ2) is 5.85. The molecule has 0 saturated heterocycles. The van der Waals surface area contributed by atoms with E-state index < -0.39 is 0 Å². The zero-order chi connectivity index (χ0) is 15.8. The predicted octanol–water partition coefficient (Wildman–Crippen LogP) is 2.43. The highest BCUT2D eigenvalue weighted by molar-refractivity contribution is 5.54. The van der Waals surface area contributed by atoms with Crippen LogP contribution in [0.3, 0.4) is 0 Å². The van der Waals surface area contributed by atoms with E-state index in [2.05, 4.69) is 72.8 Å². The fourth-order valence-corrected chi connectivity index (χ4v) is 4.53. The van der Waals surface area contributed by atoms with E-state index in [0.717, 1.165) is 0 Å². The molecule has 3 aliphatic rings. The second-order valence-corrected chi connectivity index (χ2v) is 6.64. The van der Waals surface area contributed by atoms with Crippen LogP contribution in [0.4, 0.5) is 0 Å². The molecule has 0 N–H and O–H groups in total. The molecule has 23 heavy (non-hydrogen) atoms. The quantitative estimate of drug-likeness (QED) is 0.701. The van der Waals surface area contributed by atoms with Crippen molar-refractivity contribution in [2.24, 2.45) is 23.7 Å². The summed E-state index contributed by atoms with van der Waals surface area (Å²) < 4.78 is 0. The summed E-state index contributed by atoms with van der Waals surface area (Å²) in [5, 5.41) is 5.70. The maximum atomic E-state index is 2.53. The smallest absolute Gasteiger partial charge is 0.00918 e. The van der Waals surface area contributed by atoms with Crippen LogP contribution in [-0.4, -0.2) is 0 Å². The lowest BCUT2D eigenvalue weighted by molar-refractivity contribution is 0.527. The van der Waals surface area contributed by atoms with Gasteiger partial charge in [0.1, 0.15) is 0 Å². The molecule has 0 bridgehead atoms. The summed E-state index contributed by atoms with van der Waals surface area (Å²) >= 11 is 0. The number of rotatable bonds is 0. The molecule has 0 nitrogen and oxygen atoms in total. The lowest BCUT2D eigenvalue weighted by Crippen LogP contribution is -2.35. The molecule has 0 heteroatoms. The third kappa shape index (κ3) is 2.37. The molecular weight excluding hydrogens is 276 g/mol. The maximum absolute atomic E-state index is 2.53. The van der Waals surface area contributed by atoms with Gasteiger partial charge in [0.25, 0.3) is 0 Å². The van der Waals surface area contributed by atoms with Crippen LogP contribution in [0.5, 0.6) is 0 Å². The first kappa shape index (κ1) is 14.5. The Bertz CT molecular complexity index is 869. The summed E-state index contributed by atoms with van der Waals surface area (Å²) in [5.74, 6) is 2.76. The summed E-state index contributed by atoms with van der Waals surface area (Å²) in [5.41, 5.74) is 0.